The van der Waals surface area contributed by atoms with E-state index in [4.69, 9.17) is 14.2 Å². The summed E-state index contributed by atoms with van der Waals surface area (Å²) < 4.78 is 16.4. The van der Waals surface area contributed by atoms with E-state index in [0.29, 0.717) is 23.8 Å². The van der Waals surface area contributed by atoms with Crippen LogP contribution < -0.4 is 19.5 Å². The van der Waals surface area contributed by atoms with Crippen LogP contribution in [0.3, 0.4) is 0 Å². The van der Waals surface area contributed by atoms with Crippen LogP contribution in [-0.2, 0) is 6.61 Å². The molecule has 0 radical (unpaired) electrons. The molecule has 174 valence electrons. The maximum absolute atomic E-state index is 12.8. The van der Waals surface area contributed by atoms with Crippen molar-refractivity contribution in [3.63, 3.8) is 0 Å². The molecule has 34 heavy (non-hydrogen) atoms. The van der Waals surface area contributed by atoms with Crippen molar-refractivity contribution in [2.75, 3.05) is 14.2 Å². The minimum absolute atomic E-state index is 0.189. The van der Waals surface area contributed by atoms with Crippen molar-refractivity contribution < 1.29 is 19.0 Å². The third kappa shape index (κ3) is 5.52. The van der Waals surface area contributed by atoms with Crippen LogP contribution in [0, 0.1) is 0 Å². The van der Waals surface area contributed by atoms with Crippen LogP contribution >= 0.6 is 11.3 Å². The number of rotatable bonds is 9. The second-order valence-corrected chi connectivity index (χ2v) is 8.38. The van der Waals surface area contributed by atoms with E-state index in [1.54, 1.807) is 32.0 Å². The Bertz CT molecular complexity index is 1240. The average molecular weight is 476 g/mol. The van der Waals surface area contributed by atoms with E-state index in [1.807, 2.05) is 61.5 Å². The molecule has 0 aliphatic carbocycles. The number of hydrogen-bond donors (Lipinski definition) is 1. The Morgan fingerprint density at radius 2 is 1.85 bits per heavy atom. The number of aromatic nitrogens is 2. The first-order chi connectivity index (χ1) is 16.6. The van der Waals surface area contributed by atoms with E-state index in [0.717, 1.165) is 27.4 Å². The largest absolute Gasteiger partial charge is 0.493 e. The first-order valence-corrected chi connectivity index (χ1v) is 11.6. The molecule has 2 aromatic carbocycles. The Balaban J connectivity index is 1.37. The lowest BCUT2D eigenvalue weighted by Gasteiger charge is -2.14. The zero-order chi connectivity index (χ0) is 23.9. The number of nitrogens with one attached hydrogen (secondary N) is 1. The lowest BCUT2D eigenvalue weighted by Crippen LogP contribution is -2.26. The van der Waals surface area contributed by atoms with Gasteiger partial charge in [0.2, 0.25) is 0 Å². The number of carbonyl (C=O) groups is 1. The van der Waals surface area contributed by atoms with E-state index >= 15 is 0 Å². The lowest BCUT2D eigenvalue weighted by molar-refractivity contribution is 0.0935. The summed E-state index contributed by atoms with van der Waals surface area (Å²) in [4.78, 5) is 21.4. The number of nitrogens with zero attached hydrogens (tertiary/aromatic N) is 2. The molecule has 0 saturated heterocycles. The number of methoxy groups -OCH3 is 2. The Morgan fingerprint density at radius 3 is 2.56 bits per heavy atom. The van der Waals surface area contributed by atoms with Gasteiger partial charge in [0, 0.05) is 28.9 Å². The number of carbonyl (C=O) groups excluding carboxylic acids is 1. The quantitative estimate of drug-likeness (QED) is 0.354. The molecule has 8 heteroatoms. The second kappa shape index (κ2) is 10.8. The molecule has 0 aliphatic heterocycles. The van der Waals surface area contributed by atoms with Gasteiger partial charge in [-0.05, 0) is 48.9 Å². The summed E-state index contributed by atoms with van der Waals surface area (Å²) in [6, 6.07) is 16.9. The summed E-state index contributed by atoms with van der Waals surface area (Å²) in [6.07, 6.45) is 3.51. The van der Waals surface area contributed by atoms with Crippen molar-refractivity contribution in [2.45, 2.75) is 19.6 Å². The number of pyridine rings is 1. The summed E-state index contributed by atoms with van der Waals surface area (Å²) in [5, 5.41) is 5.49. The van der Waals surface area contributed by atoms with Gasteiger partial charge in [0.05, 0.1) is 20.3 Å². The van der Waals surface area contributed by atoms with Crippen LogP contribution in [0.1, 0.15) is 34.6 Å². The average Bonchev–Trinajstić information content (AvgIpc) is 3.38. The van der Waals surface area contributed by atoms with Gasteiger partial charge in [0.15, 0.2) is 11.5 Å². The highest BCUT2D eigenvalue weighted by molar-refractivity contribution is 7.13. The first-order valence-electron chi connectivity index (χ1n) is 10.7. The van der Waals surface area contributed by atoms with E-state index in [-0.39, 0.29) is 11.9 Å². The highest BCUT2D eigenvalue weighted by Gasteiger charge is 2.16. The van der Waals surface area contributed by atoms with Gasteiger partial charge in [-0.1, -0.05) is 18.2 Å². The molecule has 0 saturated carbocycles. The minimum atomic E-state index is -0.229. The summed E-state index contributed by atoms with van der Waals surface area (Å²) in [5.74, 6) is 1.78. The number of hydrogen-bond acceptors (Lipinski definition) is 7. The Hall–Kier alpha value is -3.91. The Labute approximate surface area is 202 Å². The van der Waals surface area contributed by atoms with Crippen molar-refractivity contribution in [1.29, 1.82) is 0 Å². The monoisotopic (exact) mass is 475 g/mol. The molecule has 1 N–H and O–H groups in total. The minimum Gasteiger partial charge on any atom is -0.493 e. The van der Waals surface area contributed by atoms with Gasteiger partial charge in [-0.2, -0.15) is 0 Å². The van der Waals surface area contributed by atoms with Gasteiger partial charge in [0.1, 0.15) is 23.1 Å². The highest BCUT2D eigenvalue weighted by atomic mass is 32.1. The van der Waals surface area contributed by atoms with Crippen LogP contribution in [0.4, 0.5) is 0 Å². The number of benzene rings is 2. The maximum Gasteiger partial charge on any atom is 0.271 e. The third-order valence-corrected chi connectivity index (χ3v) is 6.11. The zero-order valence-corrected chi connectivity index (χ0v) is 20.0. The van der Waals surface area contributed by atoms with Crippen molar-refractivity contribution in [1.82, 2.24) is 15.3 Å². The van der Waals surface area contributed by atoms with E-state index in [9.17, 15) is 4.79 Å². The molecule has 7 nitrogen and oxygen atoms in total. The van der Waals surface area contributed by atoms with Crippen LogP contribution in [0.5, 0.6) is 17.2 Å². The molecular formula is C26H25N3O4S. The standard InChI is InChI=1S/C26H25N3O4S/c1-17(19-6-9-21(10-7-19)33-15-18-5-4-12-27-14-18)28-25(30)22-16-34-26(29-22)20-8-11-23(31-2)24(13-20)32-3/h4-14,16-17H,15H2,1-3H3,(H,28,30). The van der Waals surface area contributed by atoms with Crippen LogP contribution in [0.25, 0.3) is 10.6 Å². The molecule has 1 unspecified atom stereocenters. The fraction of sp³-hybridized carbons (Fsp3) is 0.192. The predicted octanol–water partition coefficient (Wildman–Crippen LogP) is 5.29. The van der Waals surface area contributed by atoms with Crippen LogP contribution in [0.15, 0.2) is 72.4 Å². The predicted molar refractivity (Wildman–Crippen MR) is 132 cm³/mol. The van der Waals surface area contributed by atoms with Gasteiger partial charge in [-0.15, -0.1) is 11.3 Å². The molecule has 0 bridgehead atoms. The fourth-order valence-electron chi connectivity index (χ4n) is 3.34. The topological polar surface area (TPSA) is 82.6 Å². The lowest BCUT2D eigenvalue weighted by atomic mass is 10.1. The molecule has 1 atom stereocenters. The molecule has 4 rings (SSSR count). The maximum atomic E-state index is 12.8. The molecule has 1 amide bonds. The van der Waals surface area contributed by atoms with Crippen molar-refractivity contribution >= 4 is 17.2 Å². The molecule has 0 fully saturated rings. The Morgan fingerprint density at radius 1 is 1.06 bits per heavy atom. The van der Waals surface area contributed by atoms with Crippen molar-refractivity contribution in [2.24, 2.45) is 0 Å². The van der Waals surface area contributed by atoms with Crippen LogP contribution in [-0.4, -0.2) is 30.1 Å². The van der Waals surface area contributed by atoms with Crippen LogP contribution in [0.2, 0.25) is 0 Å². The molecular weight excluding hydrogens is 450 g/mol. The van der Waals surface area contributed by atoms with Gasteiger partial charge in [0.25, 0.3) is 5.91 Å². The second-order valence-electron chi connectivity index (χ2n) is 7.52. The number of amides is 1. The molecule has 2 heterocycles. The first kappa shape index (κ1) is 23.3. The Kier molecular flexibility index (Phi) is 7.39. The number of thiazole rings is 1. The normalized spacial score (nSPS) is 11.5. The fourth-order valence-corrected chi connectivity index (χ4v) is 4.13. The summed E-state index contributed by atoms with van der Waals surface area (Å²) in [7, 11) is 3.18. The molecule has 4 aromatic rings. The summed E-state index contributed by atoms with van der Waals surface area (Å²) in [5.41, 5.74) is 3.20. The van der Waals surface area contributed by atoms with E-state index < -0.39 is 0 Å². The van der Waals surface area contributed by atoms with Gasteiger partial charge >= 0.3 is 0 Å². The zero-order valence-electron chi connectivity index (χ0n) is 19.1. The summed E-state index contributed by atoms with van der Waals surface area (Å²) >= 11 is 1.40. The SMILES string of the molecule is COc1ccc(-c2nc(C(=O)NC(C)c3ccc(OCc4cccnc4)cc3)cs2)cc1OC. The number of ether oxygens (including phenoxy) is 3. The molecule has 2 aromatic heterocycles. The van der Waals surface area contributed by atoms with E-state index in [1.165, 1.54) is 11.3 Å². The smallest absolute Gasteiger partial charge is 0.271 e. The van der Waals surface area contributed by atoms with Gasteiger partial charge in [-0.25, -0.2) is 4.98 Å². The van der Waals surface area contributed by atoms with Crippen molar-refractivity contribution in [3.05, 3.63) is 89.2 Å². The van der Waals surface area contributed by atoms with Gasteiger partial charge in [-0.3, -0.25) is 9.78 Å². The van der Waals surface area contributed by atoms with E-state index in [2.05, 4.69) is 15.3 Å². The summed E-state index contributed by atoms with van der Waals surface area (Å²) in [6.45, 7) is 2.39. The third-order valence-electron chi connectivity index (χ3n) is 5.22. The van der Waals surface area contributed by atoms with Gasteiger partial charge < -0.3 is 19.5 Å². The highest BCUT2D eigenvalue weighted by Crippen LogP contribution is 2.33. The molecule has 0 aliphatic rings. The molecule has 0 spiro atoms. The van der Waals surface area contributed by atoms with Crippen molar-refractivity contribution in [3.8, 4) is 27.8 Å².